The number of aryl methyl sites for hydroxylation is 1. The van der Waals surface area contributed by atoms with Crippen molar-refractivity contribution >= 4 is 46.7 Å². The Morgan fingerprint density at radius 1 is 0.698 bits per heavy atom. The molecule has 8 rings (SSSR count). The summed E-state index contributed by atoms with van der Waals surface area (Å²) < 4.78 is 0. The van der Waals surface area contributed by atoms with Crippen LogP contribution in [-0.4, -0.2) is 39.6 Å². The fourth-order valence-corrected chi connectivity index (χ4v) is 7.44. The molecule has 8 heteroatoms. The van der Waals surface area contributed by atoms with Crippen molar-refractivity contribution in [1.82, 2.24) is 10.0 Å². The lowest BCUT2D eigenvalue weighted by atomic mass is 9.55. The Hall–Kier alpha value is -4.26. The lowest BCUT2D eigenvalue weighted by molar-refractivity contribution is -0.156. The highest BCUT2D eigenvalue weighted by Gasteiger charge is 2.63. The summed E-state index contributed by atoms with van der Waals surface area (Å²) in [6, 6.07) is 25.9. The van der Waals surface area contributed by atoms with Crippen molar-refractivity contribution in [3.05, 3.63) is 140 Å². The van der Waals surface area contributed by atoms with Crippen LogP contribution in [0.4, 0.5) is 0 Å². The van der Waals surface area contributed by atoms with Gasteiger partial charge in [0.05, 0.1) is 21.9 Å². The fraction of sp³-hybridized carbons (Fsp3) is 0.200. The maximum Gasteiger partial charge on any atom is 0.273 e. The largest absolute Gasteiger partial charge is 0.292 e. The normalized spacial score (nSPS) is 22.1. The highest BCUT2D eigenvalue weighted by Crippen LogP contribution is 2.61. The van der Waals surface area contributed by atoms with Crippen LogP contribution in [0.1, 0.15) is 67.3 Å². The van der Waals surface area contributed by atoms with Gasteiger partial charge in [-0.15, -0.1) is 0 Å². The van der Waals surface area contributed by atoms with E-state index in [1.807, 2.05) is 55.5 Å². The molecule has 1 aliphatic heterocycles. The predicted molar refractivity (Wildman–Crippen MR) is 163 cm³/mol. The molecule has 43 heavy (non-hydrogen) atoms. The van der Waals surface area contributed by atoms with E-state index in [2.05, 4.69) is 0 Å². The zero-order valence-electron chi connectivity index (χ0n) is 23.3. The first-order valence-electron chi connectivity index (χ1n) is 14.1. The highest BCUT2D eigenvalue weighted by molar-refractivity contribution is 6.42. The van der Waals surface area contributed by atoms with E-state index in [-0.39, 0.29) is 27.4 Å². The summed E-state index contributed by atoms with van der Waals surface area (Å²) in [6.07, 6.45) is 0. The molecule has 1 saturated heterocycles. The standard InChI is InChI=1S/C35H26Cl2N2O4/c1-18-11-13-20(14-12-18)32(40)19(2)38(33(41)21-15-16-26(36)27(37)17-21)39-34(42)30-28-22-7-3-4-8-23(22)29(31(30)35(39)43)25-10-6-5-9-24(25)28/h3-17,19,28-31H,1-2H3/t19-,28?,29?,30-,31+/m0/s1. The van der Waals surface area contributed by atoms with E-state index in [1.54, 1.807) is 24.3 Å². The quantitative estimate of drug-likeness (QED) is 0.184. The molecular formula is C35H26Cl2N2O4. The first-order valence-corrected chi connectivity index (χ1v) is 14.9. The molecule has 0 spiro atoms. The third kappa shape index (κ3) is 4.08. The fourth-order valence-electron chi connectivity index (χ4n) is 7.15. The Morgan fingerprint density at radius 3 is 1.63 bits per heavy atom. The molecule has 3 aliphatic carbocycles. The van der Waals surface area contributed by atoms with Crippen molar-refractivity contribution < 1.29 is 19.2 Å². The SMILES string of the molecule is Cc1ccc(C(=O)[C@H](C)N(C(=O)c2ccc(Cl)c(Cl)c2)N2C(=O)[C@@H]3C4c5ccccc5C(c5ccccc54)[C@@H]3C2=O)cc1. The number of ketones is 1. The maximum atomic E-state index is 14.5. The van der Waals surface area contributed by atoms with Gasteiger partial charge in [0.1, 0.15) is 6.04 Å². The Bertz CT molecular complexity index is 1740. The summed E-state index contributed by atoms with van der Waals surface area (Å²) in [5.41, 5.74) is 5.49. The van der Waals surface area contributed by atoms with Crippen molar-refractivity contribution in [2.45, 2.75) is 31.7 Å². The van der Waals surface area contributed by atoms with E-state index in [0.717, 1.165) is 37.8 Å². The number of benzene rings is 4. The van der Waals surface area contributed by atoms with E-state index in [0.29, 0.717) is 5.56 Å². The predicted octanol–water partition coefficient (Wildman–Crippen LogP) is 6.82. The summed E-state index contributed by atoms with van der Waals surface area (Å²) in [6.45, 7) is 3.45. The van der Waals surface area contributed by atoms with Crippen LogP contribution in [0, 0.1) is 18.8 Å². The van der Waals surface area contributed by atoms with Crippen LogP contribution in [0.2, 0.25) is 10.0 Å². The van der Waals surface area contributed by atoms with Gasteiger partial charge in [-0.25, -0.2) is 5.01 Å². The third-order valence-electron chi connectivity index (χ3n) is 9.10. The first-order chi connectivity index (χ1) is 20.7. The van der Waals surface area contributed by atoms with Gasteiger partial charge in [-0.3, -0.25) is 19.2 Å². The van der Waals surface area contributed by atoms with E-state index in [9.17, 15) is 19.2 Å². The number of hydrogen-bond donors (Lipinski definition) is 0. The average molecular weight is 610 g/mol. The molecule has 3 amide bonds. The van der Waals surface area contributed by atoms with Crippen molar-refractivity contribution in [2.24, 2.45) is 11.8 Å². The molecule has 6 nitrogen and oxygen atoms in total. The smallest absolute Gasteiger partial charge is 0.273 e. The Morgan fingerprint density at radius 2 is 1.16 bits per heavy atom. The van der Waals surface area contributed by atoms with Crippen LogP contribution in [0.3, 0.4) is 0 Å². The molecule has 1 fully saturated rings. The van der Waals surface area contributed by atoms with Gasteiger partial charge >= 0.3 is 0 Å². The molecule has 0 unspecified atom stereocenters. The Labute approximate surface area is 258 Å². The first kappa shape index (κ1) is 27.6. The summed E-state index contributed by atoms with van der Waals surface area (Å²) in [7, 11) is 0. The van der Waals surface area contributed by atoms with Crippen molar-refractivity contribution in [2.75, 3.05) is 0 Å². The molecule has 0 aromatic heterocycles. The third-order valence-corrected chi connectivity index (χ3v) is 9.84. The van der Waals surface area contributed by atoms with E-state index < -0.39 is 41.4 Å². The number of amides is 3. The second-order valence-electron chi connectivity index (χ2n) is 11.4. The summed E-state index contributed by atoms with van der Waals surface area (Å²) >= 11 is 12.4. The molecule has 1 heterocycles. The summed E-state index contributed by atoms with van der Waals surface area (Å²) in [5, 5.41) is 2.36. The van der Waals surface area contributed by atoms with E-state index in [4.69, 9.17) is 23.2 Å². The molecule has 0 N–H and O–H groups in total. The topological polar surface area (TPSA) is 74.8 Å². The van der Waals surface area contributed by atoms with Crippen LogP contribution >= 0.6 is 23.2 Å². The van der Waals surface area contributed by atoms with Gasteiger partial charge in [0, 0.05) is 23.0 Å². The lowest BCUT2D eigenvalue weighted by Crippen LogP contribution is -2.56. The van der Waals surface area contributed by atoms with Crippen LogP contribution < -0.4 is 0 Å². The molecule has 0 saturated carbocycles. The minimum Gasteiger partial charge on any atom is -0.292 e. The van der Waals surface area contributed by atoms with E-state index in [1.165, 1.54) is 25.1 Å². The van der Waals surface area contributed by atoms with Gasteiger partial charge in [-0.1, -0.05) is 102 Å². The van der Waals surface area contributed by atoms with Crippen LogP contribution in [0.5, 0.6) is 0 Å². The Kier molecular flexibility index (Phi) is 6.53. The number of carbonyl (C=O) groups is 4. The second kappa shape index (κ2) is 10.2. The number of hydrazine groups is 1. The number of hydrogen-bond acceptors (Lipinski definition) is 4. The molecule has 3 atom stereocenters. The zero-order valence-corrected chi connectivity index (χ0v) is 24.8. The van der Waals surface area contributed by atoms with Crippen molar-refractivity contribution in [3.63, 3.8) is 0 Å². The minimum absolute atomic E-state index is 0.1000. The van der Waals surface area contributed by atoms with Crippen molar-refractivity contribution in [3.8, 4) is 0 Å². The van der Waals surface area contributed by atoms with Crippen LogP contribution in [0.15, 0.2) is 91.0 Å². The van der Waals surface area contributed by atoms with E-state index >= 15 is 0 Å². The van der Waals surface area contributed by atoms with Gasteiger partial charge in [-0.2, -0.15) is 5.01 Å². The molecule has 214 valence electrons. The minimum atomic E-state index is -1.18. The number of carbonyl (C=O) groups excluding carboxylic acids is 4. The number of nitrogens with zero attached hydrogens (tertiary/aromatic N) is 2. The number of Topliss-reactive ketones (excluding diaryl/α,β-unsaturated/α-hetero) is 1. The van der Waals surface area contributed by atoms with Gasteiger partial charge < -0.3 is 0 Å². The van der Waals surface area contributed by atoms with Gasteiger partial charge in [0.15, 0.2) is 5.78 Å². The summed E-state index contributed by atoms with van der Waals surface area (Å²) in [4.78, 5) is 57.1. The van der Waals surface area contributed by atoms with Crippen LogP contribution in [-0.2, 0) is 9.59 Å². The number of imide groups is 1. The highest BCUT2D eigenvalue weighted by atomic mass is 35.5. The average Bonchev–Trinajstić information content (AvgIpc) is 3.28. The maximum absolute atomic E-state index is 14.5. The zero-order chi connectivity index (χ0) is 30.2. The van der Waals surface area contributed by atoms with Crippen molar-refractivity contribution in [1.29, 1.82) is 0 Å². The lowest BCUT2D eigenvalue weighted by Gasteiger charge is -2.45. The molecular weight excluding hydrogens is 583 g/mol. The monoisotopic (exact) mass is 608 g/mol. The Balaban J connectivity index is 1.36. The molecule has 4 aliphatic rings. The number of rotatable bonds is 5. The van der Waals surface area contributed by atoms with Gasteiger partial charge in [0.25, 0.3) is 17.7 Å². The molecule has 4 aromatic carbocycles. The van der Waals surface area contributed by atoms with Crippen LogP contribution in [0.25, 0.3) is 0 Å². The molecule has 0 radical (unpaired) electrons. The number of halogens is 2. The molecule has 2 bridgehead atoms. The molecule has 4 aromatic rings. The van der Waals surface area contributed by atoms with Gasteiger partial charge in [0.2, 0.25) is 0 Å². The van der Waals surface area contributed by atoms with Gasteiger partial charge in [-0.05, 0) is 54.3 Å². The summed E-state index contributed by atoms with van der Waals surface area (Å²) in [5.74, 6) is -4.23. The second-order valence-corrected chi connectivity index (χ2v) is 12.3.